The molecule has 2 aliphatic heterocycles. The van der Waals surface area contributed by atoms with Crippen molar-refractivity contribution in [2.75, 3.05) is 18.0 Å². The lowest BCUT2D eigenvalue weighted by atomic mass is 9.90. The number of halogens is 1. The van der Waals surface area contributed by atoms with Gasteiger partial charge in [-0.25, -0.2) is 15.0 Å². The number of hydrogen-bond donors (Lipinski definition) is 0. The Kier molecular flexibility index (Phi) is 3.82. The summed E-state index contributed by atoms with van der Waals surface area (Å²) in [6.45, 7) is 2.44. The van der Waals surface area contributed by atoms with E-state index in [4.69, 9.17) is 0 Å². The Bertz CT molecular complexity index is 963. The molecule has 2 aliphatic rings. The van der Waals surface area contributed by atoms with Gasteiger partial charge in [0.15, 0.2) is 10.5 Å². The van der Waals surface area contributed by atoms with Gasteiger partial charge >= 0.3 is 0 Å². The fourth-order valence-corrected chi connectivity index (χ4v) is 5.08. The van der Waals surface area contributed by atoms with Crippen LogP contribution in [0.2, 0.25) is 0 Å². The van der Waals surface area contributed by atoms with Crippen LogP contribution in [-0.4, -0.2) is 28.0 Å². The number of fused-ring (bicyclic) bond motifs is 1. The SMILES string of the molecule is Brc1cnc2nc(/C=C/c3cc4c5c(c3)CCCN5CCC4)sc2n1. The molecule has 5 rings (SSSR count). The minimum Gasteiger partial charge on any atom is -0.371 e. The predicted octanol–water partition coefficient (Wildman–Crippen LogP) is 4.72. The fourth-order valence-electron chi connectivity index (χ4n) is 3.88. The van der Waals surface area contributed by atoms with E-state index < -0.39 is 0 Å². The molecule has 0 atom stereocenters. The fraction of sp³-hybridized carbons (Fsp3) is 0.316. The van der Waals surface area contributed by atoms with Crippen LogP contribution in [0.5, 0.6) is 0 Å². The third kappa shape index (κ3) is 2.87. The summed E-state index contributed by atoms with van der Waals surface area (Å²) in [6, 6.07) is 4.71. The summed E-state index contributed by atoms with van der Waals surface area (Å²) in [5.41, 5.74) is 6.54. The van der Waals surface area contributed by atoms with Crippen LogP contribution in [0, 0.1) is 0 Å². The lowest BCUT2D eigenvalue weighted by Gasteiger charge is -2.37. The maximum absolute atomic E-state index is 4.55. The van der Waals surface area contributed by atoms with Crippen molar-refractivity contribution in [2.24, 2.45) is 0 Å². The van der Waals surface area contributed by atoms with E-state index >= 15 is 0 Å². The molecule has 0 unspecified atom stereocenters. The Morgan fingerprint density at radius 2 is 1.80 bits per heavy atom. The number of nitrogens with zero attached hydrogens (tertiary/aromatic N) is 4. The molecule has 6 heteroatoms. The molecule has 4 heterocycles. The summed E-state index contributed by atoms with van der Waals surface area (Å²) in [5.74, 6) is 0. The van der Waals surface area contributed by atoms with E-state index in [1.54, 1.807) is 17.5 Å². The molecule has 0 saturated heterocycles. The maximum atomic E-state index is 4.55. The van der Waals surface area contributed by atoms with Gasteiger partial charge in [-0.2, -0.15) is 0 Å². The number of aryl methyl sites for hydroxylation is 2. The van der Waals surface area contributed by atoms with Gasteiger partial charge in [0.05, 0.1) is 6.20 Å². The van der Waals surface area contributed by atoms with Gasteiger partial charge < -0.3 is 4.90 Å². The Morgan fingerprint density at radius 3 is 2.56 bits per heavy atom. The first-order valence-corrected chi connectivity index (χ1v) is 10.3. The van der Waals surface area contributed by atoms with Crippen LogP contribution in [0.25, 0.3) is 22.6 Å². The van der Waals surface area contributed by atoms with Crippen LogP contribution in [0.3, 0.4) is 0 Å². The van der Waals surface area contributed by atoms with Crippen molar-refractivity contribution in [3.05, 3.63) is 44.6 Å². The Labute approximate surface area is 158 Å². The van der Waals surface area contributed by atoms with Crippen molar-refractivity contribution in [3.8, 4) is 0 Å². The molecule has 0 fully saturated rings. The molecular weight excluding hydrogens is 396 g/mol. The number of hydrogen-bond acceptors (Lipinski definition) is 5. The lowest BCUT2D eigenvalue weighted by Crippen LogP contribution is -2.34. The molecule has 3 aromatic rings. The predicted molar refractivity (Wildman–Crippen MR) is 107 cm³/mol. The second-order valence-electron chi connectivity index (χ2n) is 6.59. The first-order valence-electron chi connectivity index (χ1n) is 8.64. The molecular formula is C19H17BrN4S. The largest absolute Gasteiger partial charge is 0.371 e. The van der Waals surface area contributed by atoms with Gasteiger partial charge in [0.1, 0.15) is 9.61 Å². The summed E-state index contributed by atoms with van der Waals surface area (Å²) < 4.78 is 0.748. The van der Waals surface area contributed by atoms with Crippen LogP contribution in [0.1, 0.15) is 34.5 Å². The van der Waals surface area contributed by atoms with Crippen LogP contribution in [0.15, 0.2) is 22.9 Å². The number of rotatable bonds is 2. The Hall–Kier alpha value is -1.79. The second-order valence-corrected chi connectivity index (χ2v) is 8.41. The number of anilines is 1. The molecule has 0 saturated carbocycles. The van der Waals surface area contributed by atoms with Gasteiger partial charge in [-0.1, -0.05) is 17.4 Å². The quantitative estimate of drug-likeness (QED) is 0.610. The van der Waals surface area contributed by atoms with E-state index in [2.05, 4.69) is 60.1 Å². The molecule has 1 aromatic carbocycles. The van der Waals surface area contributed by atoms with Crippen LogP contribution in [0.4, 0.5) is 5.69 Å². The number of aromatic nitrogens is 3. The van der Waals surface area contributed by atoms with Crippen molar-refractivity contribution >= 4 is 55.6 Å². The summed E-state index contributed by atoms with van der Waals surface area (Å²) in [7, 11) is 0. The molecule has 0 aliphatic carbocycles. The van der Waals surface area contributed by atoms with E-state index in [9.17, 15) is 0 Å². The minimum atomic E-state index is 0.712. The van der Waals surface area contributed by atoms with Crippen LogP contribution < -0.4 is 4.90 Å². The molecule has 0 amide bonds. The van der Waals surface area contributed by atoms with Gasteiger partial charge in [-0.15, -0.1) is 0 Å². The average molecular weight is 413 g/mol. The van der Waals surface area contributed by atoms with E-state index in [0.29, 0.717) is 5.65 Å². The number of thiazole rings is 1. The molecule has 0 N–H and O–H groups in total. The third-order valence-corrected chi connectivity index (χ3v) is 6.17. The minimum absolute atomic E-state index is 0.712. The van der Waals surface area contributed by atoms with Crippen LogP contribution >= 0.6 is 27.3 Å². The van der Waals surface area contributed by atoms with Crippen molar-refractivity contribution in [1.82, 2.24) is 15.0 Å². The Balaban J connectivity index is 1.50. The lowest BCUT2D eigenvalue weighted by molar-refractivity contribution is 0.634. The zero-order valence-corrected chi connectivity index (χ0v) is 16.1. The zero-order valence-electron chi connectivity index (χ0n) is 13.7. The van der Waals surface area contributed by atoms with Crippen molar-refractivity contribution in [3.63, 3.8) is 0 Å². The molecule has 126 valence electrons. The molecule has 2 aromatic heterocycles. The highest BCUT2D eigenvalue weighted by molar-refractivity contribution is 9.10. The van der Waals surface area contributed by atoms with Gasteiger partial charge in [-0.3, -0.25) is 0 Å². The van der Waals surface area contributed by atoms with Gasteiger partial charge in [0, 0.05) is 18.8 Å². The van der Waals surface area contributed by atoms with Crippen molar-refractivity contribution in [2.45, 2.75) is 25.7 Å². The Morgan fingerprint density at radius 1 is 1.04 bits per heavy atom. The van der Waals surface area contributed by atoms with E-state index in [0.717, 1.165) is 14.4 Å². The smallest absolute Gasteiger partial charge is 0.190 e. The number of benzene rings is 1. The van der Waals surface area contributed by atoms with Gasteiger partial charge in [0.25, 0.3) is 0 Å². The first-order chi connectivity index (χ1) is 12.3. The average Bonchev–Trinajstić information content (AvgIpc) is 3.02. The monoisotopic (exact) mass is 412 g/mol. The molecule has 0 radical (unpaired) electrons. The highest BCUT2D eigenvalue weighted by Crippen LogP contribution is 2.36. The van der Waals surface area contributed by atoms with E-state index in [-0.39, 0.29) is 0 Å². The summed E-state index contributed by atoms with van der Waals surface area (Å²) >= 11 is 4.93. The normalized spacial score (nSPS) is 16.6. The van der Waals surface area contributed by atoms with Crippen molar-refractivity contribution < 1.29 is 0 Å². The molecule has 0 spiro atoms. The summed E-state index contributed by atoms with van der Waals surface area (Å²) in [5, 5.41) is 0.945. The third-order valence-electron chi connectivity index (χ3n) is 4.88. The van der Waals surface area contributed by atoms with Gasteiger partial charge in [-0.05, 0) is 76.5 Å². The van der Waals surface area contributed by atoms with E-state index in [1.807, 2.05) is 0 Å². The maximum Gasteiger partial charge on any atom is 0.190 e. The molecule has 4 nitrogen and oxygen atoms in total. The molecule has 25 heavy (non-hydrogen) atoms. The van der Waals surface area contributed by atoms with Gasteiger partial charge in [0.2, 0.25) is 0 Å². The first kappa shape index (κ1) is 15.5. The summed E-state index contributed by atoms with van der Waals surface area (Å²) in [6.07, 6.45) is 10.9. The highest BCUT2D eigenvalue weighted by atomic mass is 79.9. The highest BCUT2D eigenvalue weighted by Gasteiger charge is 2.23. The molecule has 0 bridgehead atoms. The van der Waals surface area contributed by atoms with E-state index in [1.165, 1.54) is 61.2 Å². The van der Waals surface area contributed by atoms with Crippen molar-refractivity contribution in [1.29, 1.82) is 0 Å². The summed E-state index contributed by atoms with van der Waals surface area (Å²) in [4.78, 5) is 16.7. The standard InChI is InChI=1S/C19H17BrN4S/c20-15-11-21-18-19(22-15)25-16(23-18)6-5-12-9-13-3-1-7-24-8-2-4-14(10-12)17(13)24/h5-6,9-11H,1-4,7-8H2/b6-5+. The zero-order chi connectivity index (χ0) is 16.8. The van der Waals surface area contributed by atoms with Crippen LogP contribution in [-0.2, 0) is 12.8 Å². The second kappa shape index (κ2) is 6.18. The topological polar surface area (TPSA) is 41.9 Å².